The van der Waals surface area contributed by atoms with Gasteiger partial charge in [-0.05, 0) is 13.8 Å². The number of hydrogen-bond acceptors (Lipinski definition) is 6. The molecule has 0 radical (unpaired) electrons. The van der Waals surface area contributed by atoms with Crippen molar-refractivity contribution in [1.82, 2.24) is 5.32 Å². The lowest BCUT2D eigenvalue weighted by Crippen LogP contribution is -2.57. The number of sulfone groups is 1. The zero-order valence-electron chi connectivity index (χ0n) is 10.4. The number of esters is 1. The van der Waals surface area contributed by atoms with E-state index in [9.17, 15) is 13.2 Å². The Hall–Kier alpha value is -0.660. The molecule has 1 rings (SSSR count). The average molecular weight is 265 g/mol. The Morgan fingerprint density at radius 3 is 2.65 bits per heavy atom. The summed E-state index contributed by atoms with van der Waals surface area (Å²) in [6.45, 7) is 4.00. The number of carbonyl (C=O) groups excluding carboxylic acids is 1. The minimum absolute atomic E-state index is 0.0881. The van der Waals surface area contributed by atoms with E-state index in [0.717, 1.165) is 0 Å². The number of carbonyl (C=O) groups is 1. The topological polar surface area (TPSA) is 81.7 Å². The van der Waals surface area contributed by atoms with Gasteiger partial charge in [-0.15, -0.1) is 0 Å². The molecule has 0 aromatic heterocycles. The summed E-state index contributed by atoms with van der Waals surface area (Å²) in [6.07, 6.45) is 0. The van der Waals surface area contributed by atoms with E-state index in [1.54, 1.807) is 0 Å². The number of rotatable bonds is 1. The van der Waals surface area contributed by atoms with Gasteiger partial charge in [0.15, 0.2) is 9.84 Å². The standard InChI is InChI=1S/C10H19NO5S/c1-10(2)8(9(12)15-3)11-4-5-16-6-7-17(10,13)14/h8,11H,4-7H2,1-3H3/t8-/m0/s1. The quantitative estimate of drug-likeness (QED) is 0.634. The monoisotopic (exact) mass is 265 g/mol. The van der Waals surface area contributed by atoms with E-state index in [-0.39, 0.29) is 12.4 Å². The summed E-state index contributed by atoms with van der Waals surface area (Å²) in [5.74, 6) is -0.657. The lowest BCUT2D eigenvalue weighted by molar-refractivity contribution is -0.143. The summed E-state index contributed by atoms with van der Waals surface area (Å²) in [4.78, 5) is 11.7. The van der Waals surface area contributed by atoms with E-state index < -0.39 is 26.6 Å². The van der Waals surface area contributed by atoms with Crippen molar-refractivity contribution >= 4 is 15.8 Å². The first-order valence-electron chi connectivity index (χ1n) is 5.44. The van der Waals surface area contributed by atoms with Gasteiger partial charge in [-0.1, -0.05) is 0 Å². The average Bonchev–Trinajstić information content (AvgIpc) is 2.29. The van der Waals surface area contributed by atoms with Gasteiger partial charge in [0.1, 0.15) is 6.04 Å². The summed E-state index contributed by atoms with van der Waals surface area (Å²) in [5, 5.41) is 2.88. The fraction of sp³-hybridized carbons (Fsp3) is 0.900. The second kappa shape index (κ2) is 5.32. The lowest BCUT2D eigenvalue weighted by Gasteiger charge is -2.31. The molecule has 0 amide bonds. The summed E-state index contributed by atoms with van der Waals surface area (Å²) in [5.41, 5.74) is 0. The zero-order chi connectivity index (χ0) is 13.1. The molecule has 0 saturated carbocycles. The molecule has 1 heterocycles. The molecular weight excluding hydrogens is 246 g/mol. The van der Waals surface area contributed by atoms with Gasteiger partial charge in [0.2, 0.25) is 0 Å². The van der Waals surface area contributed by atoms with Crippen molar-refractivity contribution in [2.45, 2.75) is 24.6 Å². The van der Waals surface area contributed by atoms with Crippen molar-refractivity contribution in [3.8, 4) is 0 Å². The Labute approximate surface area is 102 Å². The predicted molar refractivity (Wildman–Crippen MR) is 62.5 cm³/mol. The van der Waals surface area contributed by atoms with Gasteiger partial charge >= 0.3 is 5.97 Å². The molecular formula is C10H19NO5S. The number of methoxy groups -OCH3 is 1. The third-order valence-electron chi connectivity index (χ3n) is 3.02. The van der Waals surface area contributed by atoms with Crippen molar-refractivity contribution in [3.05, 3.63) is 0 Å². The molecule has 100 valence electrons. The van der Waals surface area contributed by atoms with Crippen LogP contribution in [0.5, 0.6) is 0 Å². The first-order valence-corrected chi connectivity index (χ1v) is 7.09. The fourth-order valence-corrected chi connectivity index (χ4v) is 3.12. The second-order valence-electron chi connectivity index (χ2n) is 4.44. The van der Waals surface area contributed by atoms with Gasteiger partial charge in [-0.2, -0.15) is 0 Å². The highest BCUT2D eigenvalue weighted by atomic mass is 32.2. The first kappa shape index (κ1) is 14.4. The van der Waals surface area contributed by atoms with Gasteiger partial charge in [-0.25, -0.2) is 8.42 Å². The predicted octanol–water partition coefficient (Wildman–Crippen LogP) is -0.659. The van der Waals surface area contributed by atoms with Crippen LogP contribution in [0.15, 0.2) is 0 Å². The number of hydrogen-bond donors (Lipinski definition) is 1. The summed E-state index contributed by atoms with van der Waals surface area (Å²) in [6, 6.07) is -0.876. The van der Waals surface area contributed by atoms with E-state index in [1.807, 2.05) is 0 Å². The maximum Gasteiger partial charge on any atom is 0.324 e. The summed E-state index contributed by atoms with van der Waals surface area (Å²) in [7, 11) is -2.19. The largest absolute Gasteiger partial charge is 0.468 e. The van der Waals surface area contributed by atoms with Gasteiger partial charge in [-0.3, -0.25) is 4.79 Å². The Bertz CT molecular complexity index is 376. The van der Waals surface area contributed by atoms with E-state index in [0.29, 0.717) is 13.2 Å². The van der Waals surface area contributed by atoms with Crippen molar-refractivity contribution in [2.75, 3.05) is 32.6 Å². The molecule has 1 saturated heterocycles. The lowest BCUT2D eigenvalue weighted by atomic mass is 10.0. The van der Waals surface area contributed by atoms with E-state index in [2.05, 4.69) is 10.1 Å². The van der Waals surface area contributed by atoms with Crippen LogP contribution in [0, 0.1) is 0 Å². The van der Waals surface area contributed by atoms with Crippen LogP contribution in [0.4, 0.5) is 0 Å². The van der Waals surface area contributed by atoms with Crippen LogP contribution >= 0.6 is 0 Å². The summed E-state index contributed by atoms with van der Waals surface area (Å²) >= 11 is 0. The Morgan fingerprint density at radius 1 is 1.41 bits per heavy atom. The van der Waals surface area contributed by atoms with Crippen LogP contribution in [0.25, 0.3) is 0 Å². The minimum Gasteiger partial charge on any atom is -0.468 e. The SMILES string of the molecule is COC(=O)[C@@H]1NCCOCCS(=O)(=O)C1(C)C. The third-order valence-corrected chi connectivity index (χ3v) is 5.57. The smallest absolute Gasteiger partial charge is 0.324 e. The van der Waals surface area contributed by atoms with Crippen molar-refractivity contribution < 1.29 is 22.7 Å². The fourth-order valence-electron chi connectivity index (χ4n) is 1.72. The molecule has 0 spiro atoms. The minimum atomic E-state index is -3.44. The first-order chi connectivity index (χ1) is 7.83. The number of ether oxygens (including phenoxy) is 2. The van der Waals surface area contributed by atoms with Gasteiger partial charge < -0.3 is 14.8 Å². The van der Waals surface area contributed by atoms with Crippen LogP contribution in [0.1, 0.15) is 13.8 Å². The maximum atomic E-state index is 12.1. The van der Waals surface area contributed by atoms with E-state index in [1.165, 1.54) is 21.0 Å². The zero-order valence-corrected chi connectivity index (χ0v) is 11.2. The van der Waals surface area contributed by atoms with Crippen molar-refractivity contribution in [1.29, 1.82) is 0 Å². The molecule has 7 heteroatoms. The molecule has 1 aliphatic heterocycles. The molecule has 0 aromatic rings. The van der Waals surface area contributed by atoms with Crippen molar-refractivity contribution in [2.24, 2.45) is 0 Å². The molecule has 17 heavy (non-hydrogen) atoms. The van der Waals surface area contributed by atoms with E-state index >= 15 is 0 Å². The second-order valence-corrected chi connectivity index (χ2v) is 7.13. The Kier molecular flexibility index (Phi) is 4.51. The molecule has 1 N–H and O–H groups in total. The number of nitrogens with one attached hydrogen (secondary N) is 1. The van der Waals surface area contributed by atoms with Gasteiger partial charge in [0.25, 0.3) is 0 Å². The van der Waals surface area contributed by atoms with E-state index in [4.69, 9.17) is 4.74 Å². The maximum absolute atomic E-state index is 12.1. The van der Waals surface area contributed by atoms with Crippen LogP contribution < -0.4 is 5.32 Å². The molecule has 0 unspecified atom stereocenters. The molecule has 0 aliphatic carbocycles. The van der Waals surface area contributed by atoms with Crippen LogP contribution in [0.2, 0.25) is 0 Å². The molecule has 0 bridgehead atoms. The van der Waals surface area contributed by atoms with Crippen LogP contribution in [0.3, 0.4) is 0 Å². The molecule has 1 atom stereocenters. The molecule has 6 nitrogen and oxygen atoms in total. The van der Waals surface area contributed by atoms with Crippen molar-refractivity contribution in [3.63, 3.8) is 0 Å². The Balaban J connectivity index is 3.09. The molecule has 1 aliphatic rings. The summed E-state index contributed by atoms with van der Waals surface area (Å²) < 4.78 is 32.8. The van der Waals surface area contributed by atoms with Gasteiger partial charge in [0.05, 0.1) is 30.8 Å². The van der Waals surface area contributed by atoms with Gasteiger partial charge in [0, 0.05) is 6.54 Å². The highest BCUT2D eigenvalue weighted by Crippen LogP contribution is 2.23. The van der Waals surface area contributed by atoms with Crippen LogP contribution in [-0.4, -0.2) is 57.8 Å². The third kappa shape index (κ3) is 2.97. The normalized spacial score (nSPS) is 28.5. The molecule has 0 aromatic carbocycles. The van der Waals surface area contributed by atoms with Crippen LogP contribution in [-0.2, 0) is 24.1 Å². The molecule has 1 fully saturated rings. The highest BCUT2D eigenvalue weighted by molar-refractivity contribution is 7.92. The Morgan fingerprint density at radius 2 is 2.06 bits per heavy atom. The highest BCUT2D eigenvalue weighted by Gasteiger charge is 2.46.